The summed E-state index contributed by atoms with van der Waals surface area (Å²) in [7, 11) is 0. The van der Waals surface area contributed by atoms with Gasteiger partial charge in [0, 0.05) is 5.92 Å². The first-order valence-corrected chi connectivity index (χ1v) is 5.49. The number of benzene rings is 1. The average Bonchev–Trinajstić information content (AvgIpc) is 2.97. The maximum absolute atomic E-state index is 10.1. The van der Waals surface area contributed by atoms with Crippen molar-refractivity contribution in [3.8, 4) is 0 Å². The summed E-state index contributed by atoms with van der Waals surface area (Å²) >= 11 is 0. The van der Waals surface area contributed by atoms with Gasteiger partial charge in [0.05, 0.1) is 6.20 Å². The largest absolute Gasteiger partial charge is 0.446 e. The van der Waals surface area contributed by atoms with E-state index in [-0.39, 0.29) is 5.92 Å². The molecule has 3 heteroatoms. The lowest BCUT2D eigenvalue weighted by atomic mass is 9.99. The van der Waals surface area contributed by atoms with Crippen LogP contribution in [0.15, 0.2) is 41.1 Å². The first-order valence-electron chi connectivity index (χ1n) is 5.49. The average molecular weight is 215 g/mol. The molecule has 16 heavy (non-hydrogen) atoms. The Kier molecular flexibility index (Phi) is 2.26. The van der Waals surface area contributed by atoms with Gasteiger partial charge in [0.1, 0.15) is 12.4 Å². The van der Waals surface area contributed by atoms with Gasteiger partial charge in [-0.3, -0.25) is 0 Å². The van der Waals surface area contributed by atoms with Gasteiger partial charge in [-0.2, -0.15) is 0 Å². The van der Waals surface area contributed by atoms with Gasteiger partial charge in [0.25, 0.3) is 0 Å². The van der Waals surface area contributed by atoms with E-state index in [0.29, 0.717) is 5.89 Å². The monoisotopic (exact) mass is 215 g/mol. The van der Waals surface area contributed by atoms with Crippen molar-refractivity contribution in [1.29, 1.82) is 0 Å². The first kappa shape index (κ1) is 9.60. The first-order chi connectivity index (χ1) is 7.84. The maximum Gasteiger partial charge on any atom is 0.223 e. The molecule has 0 spiro atoms. The van der Waals surface area contributed by atoms with Crippen LogP contribution in [-0.2, 0) is 12.8 Å². The number of aliphatic hydroxyl groups is 1. The predicted octanol–water partition coefficient (Wildman–Crippen LogP) is 2.12. The van der Waals surface area contributed by atoms with Gasteiger partial charge in [-0.25, -0.2) is 4.98 Å². The van der Waals surface area contributed by atoms with Crippen LogP contribution in [0.3, 0.4) is 0 Å². The minimum Gasteiger partial charge on any atom is -0.446 e. The van der Waals surface area contributed by atoms with E-state index in [1.54, 1.807) is 6.20 Å². The number of fused-ring (bicyclic) bond motifs is 1. The molecule has 1 aliphatic carbocycles. The second-order valence-electron chi connectivity index (χ2n) is 4.25. The smallest absolute Gasteiger partial charge is 0.223 e. The number of hydrogen-bond acceptors (Lipinski definition) is 3. The minimum absolute atomic E-state index is 0.191. The molecule has 1 unspecified atom stereocenters. The van der Waals surface area contributed by atoms with Gasteiger partial charge in [-0.05, 0) is 24.0 Å². The standard InChI is InChI=1S/C13H13NO2/c15-12(13-14-5-6-16-13)11-7-9-3-1-2-4-10(9)8-11/h1-6,11-12,15H,7-8H2. The van der Waals surface area contributed by atoms with Crippen LogP contribution in [0.25, 0.3) is 0 Å². The molecule has 1 aromatic carbocycles. The molecular weight excluding hydrogens is 202 g/mol. The third-order valence-electron chi connectivity index (χ3n) is 3.23. The van der Waals surface area contributed by atoms with Crippen molar-refractivity contribution in [3.05, 3.63) is 53.7 Å². The molecule has 0 fully saturated rings. The summed E-state index contributed by atoms with van der Waals surface area (Å²) in [4.78, 5) is 4.01. The SMILES string of the molecule is OC(c1ncco1)C1Cc2ccccc2C1. The van der Waals surface area contributed by atoms with E-state index in [4.69, 9.17) is 4.42 Å². The summed E-state index contributed by atoms with van der Waals surface area (Å²) in [5.41, 5.74) is 2.66. The van der Waals surface area contributed by atoms with E-state index in [0.717, 1.165) is 12.8 Å². The molecule has 1 heterocycles. The number of aliphatic hydroxyl groups excluding tert-OH is 1. The molecule has 0 aliphatic heterocycles. The Bertz CT molecular complexity index is 453. The Morgan fingerprint density at radius 3 is 2.50 bits per heavy atom. The third-order valence-corrected chi connectivity index (χ3v) is 3.23. The zero-order chi connectivity index (χ0) is 11.0. The maximum atomic E-state index is 10.1. The van der Waals surface area contributed by atoms with Crippen molar-refractivity contribution in [2.24, 2.45) is 5.92 Å². The van der Waals surface area contributed by atoms with E-state index in [1.165, 1.54) is 17.4 Å². The highest BCUT2D eigenvalue weighted by molar-refractivity contribution is 5.32. The number of aromatic nitrogens is 1. The summed E-state index contributed by atoms with van der Waals surface area (Å²) < 4.78 is 5.15. The van der Waals surface area contributed by atoms with E-state index in [2.05, 4.69) is 17.1 Å². The van der Waals surface area contributed by atoms with Gasteiger partial charge in [-0.1, -0.05) is 24.3 Å². The lowest BCUT2D eigenvalue weighted by Gasteiger charge is -2.13. The molecule has 0 saturated heterocycles. The molecule has 1 aliphatic rings. The van der Waals surface area contributed by atoms with Gasteiger partial charge < -0.3 is 9.52 Å². The van der Waals surface area contributed by atoms with Crippen LogP contribution < -0.4 is 0 Å². The zero-order valence-corrected chi connectivity index (χ0v) is 8.84. The van der Waals surface area contributed by atoms with Crippen LogP contribution in [0, 0.1) is 5.92 Å². The fourth-order valence-electron chi connectivity index (χ4n) is 2.40. The van der Waals surface area contributed by atoms with Gasteiger partial charge in [0.2, 0.25) is 5.89 Å². The van der Waals surface area contributed by atoms with Crippen molar-refractivity contribution in [2.75, 3.05) is 0 Å². The molecule has 3 rings (SSSR count). The summed E-state index contributed by atoms with van der Waals surface area (Å²) in [5.74, 6) is 0.619. The Morgan fingerprint density at radius 2 is 1.94 bits per heavy atom. The highest BCUT2D eigenvalue weighted by Gasteiger charge is 2.30. The second-order valence-corrected chi connectivity index (χ2v) is 4.25. The Balaban J connectivity index is 1.81. The number of hydrogen-bond donors (Lipinski definition) is 1. The molecule has 0 bridgehead atoms. The van der Waals surface area contributed by atoms with Crippen LogP contribution in [0.5, 0.6) is 0 Å². The van der Waals surface area contributed by atoms with Crippen LogP contribution in [0.4, 0.5) is 0 Å². The molecule has 82 valence electrons. The Labute approximate surface area is 93.8 Å². The molecule has 1 aromatic heterocycles. The van der Waals surface area contributed by atoms with Crippen molar-refractivity contribution in [1.82, 2.24) is 4.98 Å². The molecule has 0 saturated carbocycles. The van der Waals surface area contributed by atoms with Crippen LogP contribution >= 0.6 is 0 Å². The predicted molar refractivity (Wildman–Crippen MR) is 58.8 cm³/mol. The zero-order valence-electron chi connectivity index (χ0n) is 8.84. The fraction of sp³-hybridized carbons (Fsp3) is 0.308. The molecule has 3 nitrogen and oxygen atoms in total. The lowest BCUT2D eigenvalue weighted by Crippen LogP contribution is -2.13. The normalized spacial score (nSPS) is 17.3. The second kappa shape index (κ2) is 3.76. The summed E-state index contributed by atoms with van der Waals surface area (Å²) in [6.07, 6.45) is 4.28. The topological polar surface area (TPSA) is 46.3 Å². The minimum atomic E-state index is -0.595. The van der Waals surface area contributed by atoms with Gasteiger partial charge >= 0.3 is 0 Å². The fourth-order valence-corrected chi connectivity index (χ4v) is 2.40. The van der Waals surface area contributed by atoms with E-state index in [1.807, 2.05) is 12.1 Å². The van der Waals surface area contributed by atoms with Crippen LogP contribution in [0.1, 0.15) is 23.1 Å². The van der Waals surface area contributed by atoms with E-state index < -0.39 is 6.10 Å². The van der Waals surface area contributed by atoms with Gasteiger partial charge in [-0.15, -0.1) is 0 Å². The van der Waals surface area contributed by atoms with Crippen molar-refractivity contribution in [3.63, 3.8) is 0 Å². The Hall–Kier alpha value is -1.61. The highest BCUT2D eigenvalue weighted by Crippen LogP contribution is 2.34. The molecule has 1 N–H and O–H groups in total. The highest BCUT2D eigenvalue weighted by atomic mass is 16.4. The van der Waals surface area contributed by atoms with Crippen molar-refractivity contribution in [2.45, 2.75) is 18.9 Å². The molecule has 1 atom stereocenters. The van der Waals surface area contributed by atoms with E-state index >= 15 is 0 Å². The van der Waals surface area contributed by atoms with Crippen LogP contribution in [-0.4, -0.2) is 10.1 Å². The number of oxazole rings is 1. The third kappa shape index (κ3) is 1.53. The van der Waals surface area contributed by atoms with Crippen molar-refractivity contribution >= 4 is 0 Å². The van der Waals surface area contributed by atoms with E-state index in [9.17, 15) is 5.11 Å². The summed E-state index contributed by atoms with van der Waals surface area (Å²) in [5, 5.41) is 10.1. The molecule has 0 amide bonds. The van der Waals surface area contributed by atoms with Gasteiger partial charge in [0.15, 0.2) is 0 Å². The quantitative estimate of drug-likeness (QED) is 0.834. The molecule has 0 radical (unpaired) electrons. The summed E-state index contributed by atoms with van der Waals surface area (Å²) in [6, 6.07) is 8.33. The molecular formula is C13H13NO2. The van der Waals surface area contributed by atoms with Crippen molar-refractivity contribution < 1.29 is 9.52 Å². The lowest BCUT2D eigenvalue weighted by molar-refractivity contribution is 0.0850. The van der Waals surface area contributed by atoms with Crippen LogP contribution in [0.2, 0.25) is 0 Å². The Morgan fingerprint density at radius 1 is 1.25 bits per heavy atom. The number of rotatable bonds is 2. The molecule has 2 aromatic rings. The summed E-state index contributed by atoms with van der Waals surface area (Å²) in [6.45, 7) is 0. The number of nitrogens with zero attached hydrogens (tertiary/aromatic N) is 1.